The molecule has 3 nitrogen and oxygen atoms in total. The topological polar surface area (TPSA) is 33.2 Å². The summed E-state index contributed by atoms with van der Waals surface area (Å²) < 4.78 is 0.708. The molecule has 0 spiro atoms. The van der Waals surface area contributed by atoms with E-state index in [2.05, 4.69) is 34.8 Å². The number of aromatic nitrogens is 1. The summed E-state index contributed by atoms with van der Waals surface area (Å²) in [5.74, 6) is 0.0408. The van der Waals surface area contributed by atoms with Gasteiger partial charge in [0.15, 0.2) is 0 Å². The highest BCUT2D eigenvalue weighted by atomic mass is 79.9. The van der Waals surface area contributed by atoms with Crippen LogP contribution in [0.3, 0.4) is 0 Å². The molecule has 0 saturated carbocycles. The quantitative estimate of drug-likeness (QED) is 0.746. The fraction of sp³-hybridized carbons (Fsp3) is 0.538. The van der Waals surface area contributed by atoms with E-state index in [-0.39, 0.29) is 11.3 Å². The third-order valence-electron chi connectivity index (χ3n) is 3.12. The van der Waals surface area contributed by atoms with Gasteiger partial charge in [0.2, 0.25) is 0 Å². The van der Waals surface area contributed by atoms with E-state index in [1.807, 2.05) is 17.0 Å². The average molecular weight is 297 g/mol. The highest BCUT2D eigenvalue weighted by Crippen LogP contribution is 2.29. The summed E-state index contributed by atoms with van der Waals surface area (Å²) in [7, 11) is 0. The first-order valence-corrected chi connectivity index (χ1v) is 6.69. The Kier molecular flexibility index (Phi) is 3.52. The van der Waals surface area contributed by atoms with Crippen molar-refractivity contribution in [2.24, 2.45) is 5.41 Å². The van der Waals surface area contributed by atoms with Crippen LogP contribution in [0.5, 0.6) is 0 Å². The van der Waals surface area contributed by atoms with Gasteiger partial charge < -0.3 is 4.90 Å². The van der Waals surface area contributed by atoms with Gasteiger partial charge in [0.05, 0.1) is 0 Å². The van der Waals surface area contributed by atoms with Crippen molar-refractivity contribution in [2.45, 2.75) is 26.7 Å². The maximum atomic E-state index is 12.3. The Morgan fingerprint density at radius 2 is 2.24 bits per heavy atom. The fourth-order valence-corrected chi connectivity index (χ4v) is 2.63. The number of nitrogens with zero attached hydrogens (tertiary/aromatic N) is 2. The minimum atomic E-state index is 0.0408. The summed E-state index contributed by atoms with van der Waals surface area (Å²) in [6, 6.07) is 5.45. The Balaban J connectivity index is 2.15. The smallest absolute Gasteiger partial charge is 0.272 e. The molecule has 1 aromatic rings. The lowest BCUT2D eigenvalue weighted by Crippen LogP contribution is -2.43. The second-order valence-corrected chi connectivity index (χ2v) is 6.15. The van der Waals surface area contributed by atoms with Gasteiger partial charge in [0.1, 0.15) is 10.3 Å². The molecule has 0 unspecified atom stereocenters. The molecule has 1 aliphatic rings. The molecule has 1 aromatic heterocycles. The number of carbonyl (C=O) groups excluding carboxylic acids is 1. The number of hydrogen-bond acceptors (Lipinski definition) is 2. The second kappa shape index (κ2) is 4.77. The zero-order chi connectivity index (χ0) is 12.5. The van der Waals surface area contributed by atoms with Crippen LogP contribution in [0.4, 0.5) is 0 Å². The maximum absolute atomic E-state index is 12.3. The molecule has 0 atom stereocenters. The Hall–Kier alpha value is -0.900. The van der Waals surface area contributed by atoms with Crippen molar-refractivity contribution in [2.75, 3.05) is 13.1 Å². The molecule has 1 saturated heterocycles. The Morgan fingerprint density at radius 3 is 2.88 bits per heavy atom. The Morgan fingerprint density at radius 1 is 1.47 bits per heavy atom. The van der Waals surface area contributed by atoms with E-state index in [0.717, 1.165) is 19.5 Å². The largest absolute Gasteiger partial charge is 0.337 e. The predicted octanol–water partition coefficient (Wildman–Crippen LogP) is 3.11. The zero-order valence-electron chi connectivity index (χ0n) is 10.2. The van der Waals surface area contributed by atoms with Crippen LogP contribution in [0.25, 0.3) is 0 Å². The number of piperidine rings is 1. The summed E-state index contributed by atoms with van der Waals surface area (Å²) in [6.07, 6.45) is 2.26. The summed E-state index contributed by atoms with van der Waals surface area (Å²) in [5, 5.41) is 0. The lowest BCUT2D eigenvalue weighted by molar-refractivity contribution is 0.0577. The Bertz CT molecular complexity index is 431. The first-order valence-electron chi connectivity index (χ1n) is 5.90. The van der Waals surface area contributed by atoms with Gasteiger partial charge in [0.25, 0.3) is 5.91 Å². The molecule has 1 fully saturated rings. The van der Waals surface area contributed by atoms with Crippen LogP contribution in [-0.2, 0) is 0 Å². The molecule has 4 heteroatoms. The van der Waals surface area contributed by atoms with Gasteiger partial charge in [-0.15, -0.1) is 0 Å². The molecule has 1 amide bonds. The fourth-order valence-electron chi connectivity index (χ4n) is 2.29. The van der Waals surface area contributed by atoms with Gasteiger partial charge in [-0.1, -0.05) is 19.9 Å². The molecule has 0 aliphatic carbocycles. The average Bonchev–Trinajstić information content (AvgIpc) is 2.26. The maximum Gasteiger partial charge on any atom is 0.272 e. The van der Waals surface area contributed by atoms with Crippen molar-refractivity contribution in [1.29, 1.82) is 0 Å². The monoisotopic (exact) mass is 296 g/mol. The SMILES string of the molecule is CC1(C)CCCN(C(=O)c2cccc(Br)n2)C1. The van der Waals surface area contributed by atoms with Crippen molar-refractivity contribution in [3.05, 3.63) is 28.5 Å². The zero-order valence-corrected chi connectivity index (χ0v) is 11.8. The first-order chi connectivity index (χ1) is 7.98. The van der Waals surface area contributed by atoms with Gasteiger partial charge in [-0.05, 0) is 46.3 Å². The van der Waals surface area contributed by atoms with E-state index in [1.165, 1.54) is 6.42 Å². The number of likely N-dealkylation sites (tertiary alicyclic amines) is 1. The number of hydrogen-bond donors (Lipinski definition) is 0. The molecular weight excluding hydrogens is 280 g/mol. The molecule has 0 N–H and O–H groups in total. The summed E-state index contributed by atoms with van der Waals surface area (Å²) in [5.41, 5.74) is 0.747. The van der Waals surface area contributed by atoms with Crippen LogP contribution in [0, 0.1) is 5.41 Å². The van der Waals surface area contributed by atoms with Crippen molar-refractivity contribution in [1.82, 2.24) is 9.88 Å². The normalized spacial score (nSPS) is 19.1. The van der Waals surface area contributed by atoms with E-state index < -0.39 is 0 Å². The molecule has 2 rings (SSSR count). The molecule has 0 radical (unpaired) electrons. The van der Waals surface area contributed by atoms with Crippen LogP contribution in [-0.4, -0.2) is 28.9 Å². The summed E-state index contributed by atoms with van der Waals surface area (Å²) in [4.78, 5) is 18.4. The highest BCUT2D eigenvalue weighted by molar-refractivity contribution is 9.10. The number of rotatable bonds is 1. The van der Waals surface area contributed by atoms with E-state index >= 15 is 0 Å². The van der Waals surface area contributed by atoms with Crippen molar-refractivity contribution >= 4 is 21.8 Å². The molecule has 17 heavy (non-hydrogen) atoms. The molecule has 0 bridgehead atoms. The molecular formula is C13H17BrN2O. The van der Waals surface area contributed by atoms with Crippen LogP contribution in [0.1, 0.15) is 37.2 Å². The number of halogens is 1. The minimum Gasteiger partial charge on any atom is -0.337 e. The lowest BCUT2D eigenvalue weighted by Gasteiger charge is -2.37. The van der Waals surface area contributed by atoms with Gasteiger partial charge >= 0.3 is 0 Å². The summed E-state index contributed by atoms with van der Waals surface area (Å²) >= 11 is 3.30. The van der Waals surface area contributed by atoms with Crippen LogP contribution in [0.15, 0.2) is 22.8 Å². The molecule has 1 aliphatic heterocycles. The standard InChI is InChI=1S/C13H17BrN2O/c1-13(2)7-4-8-16(9-13)12(17)10-5-3-6-11(14)15-10/h3,5-6H,4,7-9H2,1-2H3. The third-order valence-corrected chi connectivity index (χ3v) is 3.56. The lowest BCUT2D eigenvalue weighted by atomic mass is 9.84. The van der Waals surface area contributed by atoms with Crippen LogP contribution >= 0.6 is 15.9 Å². The third kappa shape index (κ3) is 3.06. The Labute approximate surface area is 110 Å². The van der Waals surface area contributed by atoms with Gasteiger partial charge in [0, 0.05) is 13.1 Å². The minimum absolute atomic E-state index is 0.0408. The van der Waals surface area contributed by atoms with E-state index in [1.54, 1.807) is 6.07 Å². The summed E-state index contributed by atoms with van der Waals surface area (Å²) in [6.45, 7) is 6.08. The van der Waals surface area contributed by atoms with Gasteiger partial charge in [-0.2, -0.15) is 0 Å². The van der Waals surface area contributed by atoms with Crippen molar-refractivity contribution in [3.8, 4) is 0 Å². The number of amides is 1. The predicted molar refractivity (Wildman–Crippen MR) is 70.9 cm³/mol. The van der Waals surface area contributed by atoms with E-state index in [4.69, 9.17) is 0 Å². The van der Waals surface area contributed by atoms with Gasteiger partial charge in [-0.25, -0.2) is 4.98 Å². The first kappa shape index (κ1) is 12.6. The number of pyridine rings is 1. The van der Waals surface area contributed by atoms with Crippen molar-refractivity contribution < 1.29 is 4.79 Å². The van der Waals surface area contributed by atoms with Crippen LogP contribution < -0.4 is 0 Å². The molecule has 92 valence electrons. The van der Waals surface area contributed by atoms with Crippen molar-refractivity contribution in [3.63, 3.8) is 0 Å². The number of carbonyl (C=O) groups is 1. The van der Waals surface area contributed by atoms with Crippen LogP contribution in [0.2, 0.25) is 0 Å². The van der Waals surface area contributed by atoms with Gasteiger partial charge in [-0.3, -0.25) is 4.79 Å². The second-order valence-electron chi connectivity index (χ2n) is 5.34. The van der Waals surface area contributed by atoms with E-state index in [9.17, 15) is 4.79 Å². The van der Waals surface area contributed by atoms with E-state index in [0.29, 0.717) is 10.3 Å². The highest BCUT2D eigenvalue weighted by Gasteiger charge is 2.29. The molecule has 2 heterocycles. The molecule has 0 aromatic carbocycles.